The van der Waals surface area contributed by atoms with Gasteiger partial charge in [-0.25, -0.2) is 0 Å². The van der Waals surface area contributed by atoms with E-state index in [1.807, 2.05) is 0 Å². The van der Waals surface area contributed by atoms with E-state index in [0.717, 1.165) is 6.42 Å². The standard InChI is InChI=1S/C19H24N2O2/c1-19(2,3)14-6-4-13(5-7-14)10-11-21-18(23)16-9-8-15(22)12-17(16)20/h4-9,12,22H,10-11,20H2,1-3H3,(H,21,23). The van der Waals surface area contributed by atoms with E-state index in [1.54, 1.807) is 0 Å². The summed E-state index contributed by atoms with van der Waals surface area (Å²) >= 11 is 0. The van der Waals surface area contributed by atoms with Crippen molar-refractivity contribution in [2.75, 3.05) is 12.3 Å². The second-order valence-electron chi connectivity index (χ2n) is 6.72. The molecule has 0 atom stereocenters. The molecule has 0 saturated carbocycles. The average Bonchev–Trinajstić information content (AvgIpc) is 2.46. The number of carbonyl (C=O) groups excluding carboxylic acids is 1. The number of phenolic OH excluding ortho intramolecular Hbond substituents is 1. The smallest absolute Gasteiger partial charge is 0.253 e. The zero-order valence-electron chi connectivity index (χ0n) is 13.9. The number of phenols is 1. The van der Waals surface area contributed by atoms with Gasteiger partial charge in [0.25, 0.3) is 5.91 Å². The maximum atomic E-state index is 12.1. The van der Waals surface area contributed by atoms with Crippen molar-refractivity contribution in [3.63, 3.8) is 0 Å². The Bertz CT molecular complexity index is 686. The third kappa shape index (κ3) is 4.49. The van der Waals surface area contributed by atoms with Crippen LogP contribution in [0.1, 0.15) is 42.3 Å². The molecule has 122 valence electrons. The van der Waals surface area contributed by atoms with Crippen LogP contribution in [0.15, 0.2) is 42.5 Å². The summed E-state index contributed by atoms with van der Waals surface area (Å²) in [5, 5.41) is 12.2. The number of nitrogen functional groups attached to an aromatic ring is 1. The highest BCUT2D eigenvalue weighted by molar-refractivity contribution is 5.99. The van der Waals surface area contributed by atoms with Gasteiger partial charge < -0.3 is 16.2 Å². The van der Waals surface area contributed by atoms with Gasteiger partial charge in [0.1, 0.15) is 5.75 Å². The van der Waals surface area contributed by atoms with Gasteiger partial charge in [0.15, 0.2) is 0 Å². The number of rotatable bonds is 4. The number of amides is 1. The average molecular weight is 312 g/mol. The van der Waals surface area contributed by atoms with Crippen molar-refractivity contribution in [3.8, 4) is 5.75 Å². The van der Waals surface area contributed by atoms with Crippen LogP contribution in [0.25, 0.3) is 0 Å². The quantitative estimate of drug-likeness (QED) is 0.759. The van der Waals surface area contributed by atoms with Crippen molar-refractivity contribution < 1.29 is 9.90 Å². The van der Waals surface area contributed by atoms with Gasteiger partial charge >= 0.3 is 0 Å². The van der Waals surface area contributed by atoms with Crippen LogP contribution in [0.4, 0.5) is 5.69 Å². The van der Waals surface area contributed by atoms with Gasteiger partial charge in [0, 0.05) is 18.3 Å². The van der Waals surface area contributed by atoms with Gasteiger partial charge in [-0.2, -0.15) is 0 Å². The van der Waals surface area contributed by atoms with E-state index in [2.05, 4.69) is 50.4 Å². The highest BCUT2D eigenvalue weighted by Crippen LogP contribution is 2.22. The Balaban J connectivity index is 1.90. The number of carbonyl (C=O) groups is 1. The van der Waals surface area contributed by atoms with E-state index in [0.29, 0.717) is 12.1 Å². The lowest BCUT2D eigenvalue weighted by Crippen LogP contribution is -2.26. The minimum Gasteiger partial charge on any atom is -0.508 e. The summed E-state index contributed by atoms with van der Waals surface area (Å²) in [6, 6.07) is 12.8. The lowest BCUT2D eigenvalue weighted by molar-refractivity contribution is 0.0955. The molecule has 0 unspecified atom stereocenters. The van der Waals surface area contributed by atoms with E-state index in [4.69, 9.17) is 5.73 Å². The maximum Gasteiger partial charge on any atom is 0.253 e. The first kappa shape index (κ1) is 16.9. The molecule has 4 N–H and O–H groups in total. The van der Waals surface area contributed by atoms with Crippen LogP contribution in [0.2, 0.25) is 0 Å². The molecule has 0 aliphatic carbocycles. The minimum absolute atomic E-state index is 0.0537. The fourth-order valence-corrected chi connectivity index (χ4v) is 2.34. The lowest BCUT2D eigenvalue weighted by atomic mass is 9.86. The van der Waals surface area contributed by atoms with Gasteiger partial charge in [0.05, 0.1) is 5.56 Å². The molecule has 4 heteroatoms. The molecule has 2 aromatic rings. The first-order valence-corrected chi connectivity index (χ1v) is 7.73. The Kier molecular flexibility index (Phi) is 4.94. The number of anilines is 1. The fourth-order valence-electron chi connectivity index (χ4n) is 2.34. The number of nitrogens with one attached hydrogen (secondary N) is 1. The molecular weight excluding hydrogens is 288 g/mol. The predicted octanol–water partition coefficient (Wildman–Crippen LogP) is 3.24. The van der Waals surface area contributed by atoms with Crippen LogP contribution in [-0.4, -0.2) is 17.6 Å². The Labute approximate surface area is 137 Å². The first-order valence-electron chi connectivity index (χ1n) is 7.73. The molecule has 23 heavy (non-hydrogen) atoms. The number of benzene rings is 2. The van der Waals surface area contributed by atoms with Crippen LogP contribution in [0, 0.1) is 0 Å². The summed E-state index contributed by atoms with van der Waals surface area (Å²) in [5.41, 5.74) is 9.01. The van der Waals surface area contributed by atoms with Crippen LogP contribution in [-0.2, 0) is 11.8 Å². The fraction of sp³-hybridized carbons (Fsp3) is 0.316. The van der Waals surface area contributed by atoms with Gasteiger partial charge in [-0.05, 0) is 35.1 Å². The van der Waals surface area contributed by atoms with Crippen LogP contribution in [0.5, 0.6) is 5.75 Å². The van der Waals surface area contributed by atoms with Gasteiger partial charge in [-0.15, -0.1) is 0 Å². The third-order valence-electron chi connectivity index (χ3n) is 3.80. The maximum absolute atomic E-state index is 12.1. The molecule has 0 saturated heterocycles. The van der Waals surface area contributed by atoms with Gasteiger partial charge in [0.2, 0.25) is 0 Å². The zero-order valence-corrected chi connectivity index (χ0v) is 13.9. The molecule has 1 amide bonds. The molecular formula is C19H24N2O2. The topological polar surface area (TPSA) is 75.3 Å². The lowest BCUT2D eigenvalue weighted by Gasteiger charge is -2.19. The molecule has 4 nitrogen and oxygen atoms in total. The third-order valence-corrected chi connectivity index (χ3v) is 3.80. The zero-order chi connectivity index (χ0) is 17.0. The summed E-state index contributed by atoms with van der Waals surface area (Å²) in [7, 11) is 0. The molecule has 0 heterocycles. The molecule has 0 fully saturated rings. The van der Waals surface area contributed by atoms with Gasteiger partial charge in [-0.1, -0.05) is 45.0 Å². The molecule has 0 aromatic heterocycles. The molecule has 2 aromatic carbocycles. The summed E-state index contributed by atoms with van der Waals surface area (Å²) in [4.78, 5) is 12.1. The number of aromatic hydroxyl groups is 1. The Hall–Kier alpha value is -2.49. The van der Waals surface area contributed by atoms with Crippen molar-refractivity contribution >= 4 is 11.6 Å². The Morgan fingerprint density at radius 3 is 2.35 bits per heavy atom. The normalized spacial score (nSPS) is 11.3. The molecule has 2 rings (SSSR count). The number of hydrogen-bond donors (Lipinski definition) is 3. The molecule has 0 spiro atoms. The monoisotopic (exact) mass is 312 g/mol. The summed E-state index contributed by atoms with van der Waals surface area (Å²) in [6.07, 6.45) is 0.758. The molecule has 0 radical (unpaired) electrons. The largest absolute Gasteiger partial charge is 0.508 e. The number of hydrogen-bond acceptors (Lipinski definition) is 3. The predicted molar refractivity (Wildman–Crippen MR) is 93.7 cm³/mol. The molecule has 0 bridgehead atoms. The van der Waals surface area contributed by atoms with Crippen molar-refractivity contribution in [2.45, 2.75) is 32.6 Å². The summed E-state index contributed by atoms with van der Waals surface area (Å²) in [6.45, 7) is 7.09. The van der Waals surface area contributed by atoms with E-state index in [-0.39, 0.29) is 22.8 Å². The summed E-state index contributed by atoms with van der Waals surface area (Å²) in [5.74, 6) is -0.174. The van der Waals surface area contributed by atoms with E-state index in [1.165, 1.54) is 29.3 Å². The Morgan fingerprint density at radius 2 is 1.78 bits per heavy atom. The van der Waals surface area contributed by atoms with Crippen LogP contribution >= 0.6 is 0 Å². The second kappa shape index (κ2) is 6.73. The Morgan fingerprint density at radius 1 is 1.13 bits per heavy atom. The van der Waals surface area contributed by atoms with Gasteiger partial charge in [-0.3, -0.25) is 4.79 Å². The van der Waals surface area contributed by atoms with Crippen LogP contribution in [0.3, 0.4) is 0 Å². The molecule has 0 aliphatic rings. The molecule has 0 aliphatic heterocycles. The van der Waals surface area contributed by atoms with E-state index in [9.17, 15) is 9.90 Å². The van der Waals surface area contributed by atoms with Crippen molar-refractivity contribution in [1.82, 2.24) is 5.32 Å². The highest BCUT2D eigenvalue weighted by atomic mass is 16.3. The number of nitrogens with two attached hydrogens (primary N) is 1. The highest BCUT2D eigenvalue weighted by Gasteiger charge is 2.13. The van der Waals surface area contributed by atoms with E-state index < -0.39 is 0 Å². The van der Waals surface area contributed by atoms with Crippen molar-refractivity contribution in [3.05, 3.63) is 59.2 Å². The van der Waals surface area contributed by atoms with Crippen LogP contribution < -0.4 is 11.1 Å². The van der Waals surface area contributed by atoms with E-state index >= 15 is 0 Å². The minimum atomic E-state index is -0.228. The SMILES string of the molecule is CC(C)(C)c1ccc(CCNC(=O)c2ccc(O)cc2N)cc1. The van der Waals surface area contributed by atoms with Crippen molar-refractivity contribution in [1.29, 1.82) is 0 Å². The summed E-state index contributed by atoms with van der Waals surface area (Å²) < 4.78 is 0. The second-order valence-corrected chi connectivity index (χ2v) is 6.72. The van der Waals surface area contributed by atoms with Crippen molar-refractivity contribution in [2.24, 2.45) is 0 Å². The first-order chi connectivity index (χ1) is 10.8.